The Kier molecular flexibility index (Phi) is 10.6. The van der Waals surface area contributed by atoms with Crippen molar-refractivity contribution in [3.63, 3.8) is 0 Å². The second kappa shape index (κ2) is 13.8. The first-order valence-corrected chi connectivity index (χ1v) is 13.5. The number of nitrogens with one attached hydrogen (secondary N) is 2. The van der Waals surface area contributed by atoms with E-state index in [0.717, 1.165) is 54.5 Å². The zero-order valence-corrected chi connectivity index (χ0v) is 23.0. The molecule has 2 aliphatic rings. The van der Waals surface area contributed by atoms with Crippen LogP contribution in [-0.4, -0.2) is 41.4 Å². The summed E-state index contributed by atoms with van der Waals surface area (Å²) in [5.41, 5.74) is 3.74. The summed E-state index contributed by atoms with van der Waals surface area (Å²) >= 11 is 0. The van der Waals surface area contributed by atoms with Crippen LogP contribution in [0.1, 0.15) is 81.3 Å². The number of urea groups is 1. The lowest BCUT2D eigenvalue weighted by Crippen LogP contribution is -2.46. The predicted molar refractivity (Wildman–Crippen MR) is 152 cm³/mol. The first kappa shape index (κ1) is 29.0. The van der Waals surface area contributed by atoms with E-state index in [1.807, 2.05) is 19.9 Å². The van der Waals surface area contributed by atoms with Gasteiger partial charge >= 0.3 is 6.03 Å². The molecule has 1 aliphatic carbocycles. The summed E-state index contributed by atoms with van der Waals surface area (Å²) in [7, 11) is 0. The number of carbonyl (C=O) groups excluding carboxylic acids is 2. The highest BCUT2D eigenvalue weighted by molar-refractivity contribution is 6.01. The molecule has 0 aromatic heterocycles. The van der Waals surface area contributed by atoms with Crippen molar-refractivity contribution in [1.29, 1.82) is 0 Å². The van der Waals surface area contributed by atoms with Crippen molar-refractivity contribution in [3.05, 3.63) is 70.7 Å². The Morgan fingerprint density at radius 2 is 2.00 bits per heavy atom. The standard InChI is InChI=1S/C30H40FN5O2/c1-6-20(3)28(35-32-7-2)21(4)11-10-12-22(5)33-29(37)26-17-24-19-36(16-15-23(24)18-27(26)31)30(38)34-25-13-8-9-14-25/h7,10-12,17-18,20,25H,5-6,8-9,13-16,19H2,1-4H3,(H,33,37)(H,34,38)/b12-10-,21-11+,32-7-,35-28+. The fourth-order valence-electron chi connectivity index (χ4n) is 4.79. The number of nitrogens with zero attached hydrogens (tertiary/aromatic N) is 3. The molecule has 38 heavy (non-hydrogen) atoms. The van der Waals surface area contributed by atoms with Crippen LogP contribution < -0.4 is 10.6 Å². The maximum Gasteiger partial charge on any atom is 0.317 e. The summed E-state index contributed by atoms with van der Waals surface area (Å²) in [6, 6.07) is 3.10. The lowest BCUT2D eigenvalue weighted by Gasteiger charge is -2.30. The Balaban J connectivity index is 1.64. The van der Waals surface area contributed by atoms with Gasteiger partial charge in [-0.3, -0.25) is 4.79 Å². The van der Waals surface area contributed by atoms with Crippen LogP contribution in [0.2, 0.25) is 0 Å². The van der Waals surface area contributed by atoms with Gasteiger partial charge in [0.1, 0.15) is 5.82 Å². The van der Waals surface area contributed by atoms with Gasteiger partial charge in [0.15, 0.2) is 0 Å². The molecular weight excluding hydrogens is 481 g/mol. The molecule has 2 N–H and O–H groups in total. The molecule has 0 saturated heterocycles. The van der Waals surface area contributed by atoms with Crippen LogP contribution in [0.4, 0.5) is 9.18 Å². The van der Waals surface area contributed by atoms with Gasteiger partial charge in [0.2, 0.25) is 0 Å². The molecule has 7 nitrogen and oxygen atoms in total. The van der Waals surface area contributed by atoms with Gasteiger partial charge in [0.25, 0.3) is 5.91 Å². The van der Waals surface area contributed by atoms with E-state index in [9.17, 15) is 14.0 Å². The van der Waals surface area contributed by atoms with E-state index in [1.165, 1.54) is 6.07 Å². The second-order valence-corrected chi connectivity index (χ2v) is 10.1. The summed E-state index contributed by atoms with van der Waals surface area (Å²) in [6.07, 6.45) is 12.8. The minimum absolute atomic E-state index is 0.0632. The summed E-state index contributed by atoms with van der Waals surface area (Å²) in [6.45, 7) is 12.7. The smallest absolute Gasteiger partial charge is 0.317 e. The fraction of sp³-hybridized carbons (Fsp3) is 0.467. The van der Waals surface area contributed by atoms with E-state index >= 15 is 0 Å². The van der Waals surface area contributed by atoms with Crippen LogP contribution in [0.25, 0.3) is 0 Å². The molecule has 3 rings (SSSR count). The van der Waals surface area contributed by atoms with E-state index in [2.05, 4.69) is 41.3 Å². The Morgan fingerprint density at radius 3 is 2.68 bits per heavy atom. The van der Waals surface area contributed by atoms with Gasteiger partial charge in [-0.15, -0.1) is 0 Å². The Morgan fingerprint density at radius 1 is 1.26 bits per heavy atom. The highest BCUT2D eigenvalue weighted by Gasteiger charge is 2.26. The molecule has 0 spiro atoms. The van der Waals surface area contributed by atoms with Crippen molar-refractivity contribution in [1.82, 2.24) is 15.5 Å². The van der Waals surface area contributed by atoms with Crippen LogP contribution in [0.5, 0.6) is 0 Å². The third kappa shape index (κ3) is 7.73. The van der Waals surface area contributed by atoms with Gasteiger partial charge in [0, 0.05) is 37.0 Å². The third-order valence-electron chi connectivity index (χ3n) is 7.20. The Hall–Kier alpha value is -3.55. The number of allylic oxidation sites excluding steroid dienone is 4. The topological polar surface area (TPSA) is 86.2 Å². The number of hydrogen-bond acceptors (Lipinski definition) is 4. The molecular formula is C30H40FN5O2. The van der Waals surface area contributed by atoms with Crippen molar-refractivity contribution in [2.45, 2.75) is 78.8 Å². The van der Waals surface area contributed by atoms with Crippen molar-refractivity contribution in [2.75, 3.05) is 6.54 Å². The molecule has 8 heteroatoms. The first-order chi connectivity index (χ1) is 18.2. The summed E-state index contributed by atoms with van der Waals surface area (Å²) in [5.74, 6) is -0.904. The van der Waals surface area contributed by atoms with E-state index in [-0.39, 0.29) is 23.6 Å². The fourth-order valence-corrected chi connectivity index (χ4v) is 4.79. The van der Waals surface area contributed by atoms with Crippen LogP contribution in [0.3, 0.4) is 0 Å². The lowest BCUT2D eigenvalue weighted by molar-refractivity contribution is 0.0963. The van der Waals surface area contributed by atoms with Gasteiger partial charge < -0.3 is 15.5 Å². The van der Waals surface area contributed by atoms with Crippen molar-refractivity contribution >= 4 is 23.9 Å². The molecule has 1 unspecified atom stereocenters. The summed E-state index contributed by atoms with van der Waals surface area (Å²) in [4.78, 5) is 27.3. The monoisotopic (exact) mass is 521 g/mol. The molecule has 1 fully saturated rings. The van der Waals surface area contributed by atoms with Crippen LogP contribution in [0, 0.1) is 11.7 Å². The number of benzene rings is 1. The number of fused-ring (bicyclic) bond motifs is 1. The molecule has 0 bridgehead atoms. The van der Waals surface area contributed by atoms with E-state index in [1.54, 1.807) is 29.3 Å². The summed E-state index contributed by atoms with van der Waals surface area (Å²) < 4.78 is 14.8. The van der Waals surface area contributed by atoms with Crippen molar-refractivity contribution < 1.29 is 14.0 Å². The van der Waals surface area contributed by atoms with Crippen LogP contribution >= 0.6 is 0 Å². The number of carbonyl (C=O) groups is 2. The van der Waals surface area contributed by atoms with Crippen LogP contribution in [-0.2, 0) is 13.0 Å². The highest BCUT2D eigenvalue weighted by Crippen LogP contribution is 2.24. The molecule has 204 valence electrons. The predicted octanol–water partition coefficient (Wildman–Crippen LogP) is 6.07. The van der Waals surface area contributed by atoms with Gasteiger partial charge in [-0.05, 0) is 74.4 Å². The van der Waals surface area contributed by atoms with Crippen molar-refractivity contribution in [2.24, 2.45) is 16.1 Å². The average Bonchev–Trinajstić information content (AvgIpc) is 3.40. The van der Waals surface area contributed by atoms with Crippen molar-refractivity contribution in [3.8, 4) is 0 Å². The molecule has 1 aromatic rings. The molecule has 1 aromatic carbocycles. The Labute approximate surface area is 225 Å². The quantitative estimate of drug-likeness (QED) is 0.235. The maximum absolute atomic E-state index is 14.8. The largest absolute Gasteiger partial charge is 0.335 e. The zero-order valence-electron chi connectivity index (χ0n) is 23.0. The number of rotatable bonds is 9. The minimum Gasteiger partial charge on any atom is -0.335 e. The first-order valence-electron chi connectivity index (χ1n) is 13.5. The molecule has 1 saturated carbocycles. The van der Waals surface area contributed by atoms with E-state index < -0.39 is 11.7 Å². The third-order valence-corrected chi connectivity index (χ3v) is 7.20. The van der Waals surface area contributed by atoms with Gasteiger partial charge in [0.05, 0.1) is 11.3 Å². The average molecular weight is 522 g/mol. The molecule has 0 radical (unpaired) electrons. The zero-order chi connectivity index (χ0) is 27.7. The minimum atomic E-state index is -0.580. The maximum atomic E-state index is 14.8. The highest BCUT2D eigenvalue weighted by atomic mass is 19.1. The van der Waals surface area contributed by atoms with E-state index in [4.69, 9.17) is 0 Å². The molecule has 1 aliphatic heterocycles. The second-order valence-electron chi connectivity index (χ2n) is 10.1. The SMILES string of the molecule is C=C(\C=C/C=C(C)/C(=N/N=C\C)C(C)CC)NC(=O)c1cc2c(cc1F)CCN(C(=O)NC1CCCC1)C2. The number of halogens is 1. The number of hydrogen-bond donors (Lipinski definition) is 2. The summed E-state index contributed by atoms with van der Waals surface area (Å²) in [5, 5.41) is 14.1. The molecule has 1 heterocycles. The van der Waals surface area contributed by atoms with Gasteiger partial charge in [-0.25, -0.2) is 9.18 Å². The molecule has 3 amide bonds. The van der Waals surface area contributed by atoms with Crippen LogP contribution in [0.15, 0.2) is 58.4 Å². The molecule has 1 atom stereocenters. The van der Waals surface area contributed by atoms with Gasteiger partial charge in [-0.2, -0.15) is 10.2 Å². The number of amides is 3. The Bertz CT molecular complexity index is 1160. The normalized spacial score (nSPS) is 17.7. The lowest BCUT2D eigenvalue weighted by atomic mass is 9.96. The van der Waals surface area contributed by atoms with Gasteiger partial charge in [-0.1, -0.05) is 45.4 Å². The van der Waals surface area contributed by atoms with E-state index in [0.29, 0.717) is 25.2 Å².